The first kappa shape index (κ1) is 9.84. The lowest BCUT2D eigenvalue weighted by atomic mass is 10.1. The summed E-state index contributed by atoms with van der Waals surface area (Å²) in [6, 6.07) is 6.53. The first-order valence-corrected chi connectivity index (χ1v) is 5.38. The Morgan fingerprint density at radius 3 is 2.67 bits per heavy atom. The molecule has 0 spiro atoms. The molecule has 0 aromatic heterocycles. The number of anilines is 1. The van der Waals surface area contributed by atoms with Crippen LogP contribution in [0.1, 0.15) is 19.4 Å². The van der Waals surface area contributed by atoms with Crippen LogP contribution in [0.15, 0.2) is 18.2 Å². The van der Waals surface area contributed by atoms with Crippen LogP contribution in [0, 0.1) is 3.57 Å². The van der Waals surface area contributed by atoms with Crippen LogP contribution in [0.4, 0.5) is 5.69 Å². The maximum atomic E-state index is 3.35. The van der Waals surface area contributed by atoms with Gasteiger partial charge in [-0.25, -0.2) is 0 Å². The molecule has 0 atom stereocenters. The van der Waals surface area contributed by atoms with Gasteiger partial charge < -0.3 is 5.32 Å². The fraction of sp³-hybridized carbons (Fsp3) is 0.400. The Labute approximate surface area is 87.7 Å². The van der Waals surface area contributed by atoms with E-state index in [9.17, 15) is 0 Å². The predicted octanol–water partition coefficient (Wildman–Crippen LogP) is 3.29. The van der Waals surface area contributed by atoms with Crippen LogP contribution in [0.3, 0.4) is 0 Å². The lowest BCUT2D eigenvalue weighted by molar-refractivity contribution is 1.11. The van der Waals surface area contributed by atoms with Crippen molar-refractivity contribution in [1.82, 2.24) is 0 Å². The molecule has 66 valence electrons. The van der Waals surface area contributed by atoms with E-state index in [2.05, 4.69) is 60.0 Å². The number of hydrogen-bond acceptors (Lipinski definition) is 1. The van der Waals surface area contributed by atoms with Crippen LogP contribution < -0.4 is 5.32 Å². The summed E-state index contributed by atoms with van der Waals surface area (Å²) in [4.78, 5) is 0. The molecule has 1 aromatic rings. The van der Waals surface area contributed by atoms with Crippen molar-refractivity contribution >= 4 is 28.3 Å². The van der Waals surface area contributed by atoms with E-state index in [0.29, 0.717) is 0 Å². The smallest absolute Gasteiger partial charge is 0.0373 e. The molecule has 0 aliphatic rings. The fourth-order valence-electron chi connectivity index (χ4n) is 1.22. The van der Waals surface area contributed by atoms with Crippen LogP contribution in [0.25, 0.3) is 0 Å². The van der Waals surface area contributed by atoms with Gasteiger partial charge in [0.25, 0.3) is 0 Å². The van der Waals surface area contributed by atoms with Crippen molar-refractivity contribution < 1.29 is 0 Å². The van der Waals surface area contributed by atoms with Gasteiger partial charge in [0.1, 0.15) is 0 Å². The molecule has 1 nitrogen and oxygen atoms in total. The Balaban J connectivity index is 2.94. The summed E-state index contributed by atoms with van der Waals surface area (Å²) < 4.78 is 1.31. The number of hydrogen-bond donors (Lipinski definition) is 1. The summed E-state index contributed by atoms with van der Waals surface area (Å²) in [5, 5.41) is 3.35. The molecule has 0 saturated carbocycles. The van der Waals surface area contributed by atoms with Crippen LogP contribution in [-0.2, 0) is 6.42 Å². The van der Waals surface area contributed by atoms with Crippen molar-refractivity contribution in [2.24, 2.45) is 0 Å². The summed E-state index contributed by atoms with van der Waals surface area (Å²) >= 11 is 2.35. The molecule has 1 rings (SSSR count). The van der Waals surface area contributed by atoms with Gasteiger partial charge in [0.2, 0.25) is 0 Å². The molecule has 0 fully saturated rings. The SMILES string of the molecule is CCNc1ccc(I)cc1CC. The molecule has 0 unspecified atom stereocenters. The lowest BCUT2D eigenvalue weighted by Crippen LogP contribution is -2.00. The summed E-state index contributed by atoms with van der Waals surface area (Å²) in [7, 11) is 0. The zero-order valence-corrected chi connectivity index (χ0v) is 9.68. The number of aryl methyl sites for hydroxylation is 1. The zero-order chi connectivity index (χ0) is 8.97. The molecule has 0 amide bonds. The van der Waals surface area contributed by atoms with Gasteiger partial charge in [0.15, 0.2) is 0 Å². The largest absolute Gasteiger partial charge is 0.385 e. The highest BCUT2D eigenvalue weighted by atomic mass is 127. The van der Waals surface area contributed by atoms with E-state index in [1.807, 2.05) is 0 Å². The van der Waals surface area contributed by atoms with Crippen molar-refractivity contribution in [2.45, 2.75) is 20.3 Å². The Kier molecular flexibility index (Phi) is 3.85. The van der Waals surface area contributed by atoms with E-state index in [1.165, 1.54) is 14.8 Å². The summed E-state index contributed by atoms with van der Waals surface area (Å²) in [5.41, 5.74) is 2.68. The quantitative estimate of drug-likeness (QED) is 0.835. The fourth-order valence-corrected chi connectivity index (χ4v) is 1.77. The van der Waals surface area contributed by atoms with Crippen molar-refractivity contribution in [1.29, 1.82) is 0 Å². The number of rotatable bonds is 3. The van der Waals surface area contributed by atoms with Gasteiger partial charge in [-0.3, -0.25) is 0 Å². The molecule has 1 aromatic carbocycles. The average molecular weight is 275 g/mol. The van der Waals surface area contributed by atoms with E-state index in [-0.39, 0.29) is 0 Å². The van der Waals surface area contributed by atoms with E-state index >= 15 is 0 Å². The monoisotopic (exact) mass is 275 g/mol. The lowest BCUT2D eigenvalue weighted by Gasteiger charge is -2.08. The zero-order valence-electron chi connectivity index (χ0n) is 7.52. The minimum Gasteiger partial charge on any atom is -0.385 e. The molecular formula is C10H14IN. The van der Waals surface area contributed by atoms with Crippen molar-refractivity contribution in [3.05, 3.63) is 27.3 Å². The minimum absolute atomic E-state index is 0.994. The van der Waals surface area contributed by atoms with Crippen LogP contribution >= 0.6 is 22.6 Å². The highest BCUT2D eigenvalue weighted by Crippen LogP contribution is 2.18. The van der Waals surface area contributed by atoms with Gasteiger partial charge in [-0.15, -0.1) is 0 Å². The second-order valence-corrected chi connectivity index (χ2v) is 3.93. The standard InChI is InChI=1S/C10H14IN/c1-3-8-7-9(11)5-6-10(8)12-4-2/h5-7,12H,3-4H2,1-2H3. The highest BCUT2D eigenvalue weighted by molar-refractivity contribution is 14.1. The molecule has 1 N–H and O–H groups in total. The molecular weight excluding hydrogens is 261 g/mol. The van der Waals surface area contributed by atoms with E-state index < -0.39 is 0 Å². The number of halogens is 1. The molecule has 0 aliphatic carbocycles. The second-order valence-electron chi connectivity index (χ2n) is 2.69. The Bertz CT molecular complexity index is 258. The van der Waals surface area contributed by atoms with E-state index in [4.69, 9.17) is 0 Å². The number of benzene rings is 1. The summed E-state index contributed by atoms with van der Waals surface area (Å²) in [5.74, 6) is 0. The highest BCUT2D eigenvalue weighted by Gasteiger charge is 1.98. The first-order valence-electron chi connectivity index (χ1n) is 4.30. The van der Waals surface area contributed by atoms with E-state index in [1.54, 1.807) is 0 Å². The van der Waals surface area contributed by atoms with E-state index in [0.717, 1.165) is 13.0 Å². The summed E-state index contributed by atoms with van der Waals surface area (Å²) in [6.45, 7) is 5.30. The van der Waals surface area contributed by atoms with Gasteiger partial charge in [-0.05, 0) is 59.7 Å². The molecule has 0 heterocycles. The Morgan fingerprint density at radius 1 is 1.33 bits per heavy atom. The van der Waals surface area contributed by atoms with Gasteiger partial charge >= 0.3 is 0 Å². The van der Waals surface area contributed by atoms with Gasteiger partial charge in [0, 0.05) is 15.8 Å². The number of nitrogens with one attached hydrogen (secondary N) is 1. The summed E-state index contributed by atoms with van der Waals surface area (Å²) in [6.07, 6.45) is 1.10. The van der Waals surface area contributed by atoms with Crippen molar-refractivity contribution in [2.75, 3.05) is 11.9 Å². The first-order chi connectivity index (χ1) is 5.77. The third-order valence-corrected chi connectivity index (χ3v) is 2.49. The van der Waals surface area contributed by atoms with Crippen LogP contribution in [-0.4, -0.2) is 6.54 Å². The molecule has 0 radical (unpaired) electrons. The van der Waals surface area contributed by atoms with Crippen LogP contribution in [0.2, 0.25) is 0 Å². The molecule has 0 bridgehead atoms. The predicted molar refractivity (Wildman–Crippen MR) is 62.7 cm³/mol. The molecule has 0 aliphatic heterocycles. The third-order valence-electron chi connectivity index (χ3n) is 1.82. The van der Waals surface area contributed by atoms with Gasteiger partial charge in [-0.2, -0.15) is 0 Å². The van der Waals surface area contributed by atoms with Gasteiger partial charge in [0.05, 0.1) is 0 Å². The minimum atomic E-state index is 0.994. The third kappa shape index (κ3) is 2.37. The Morgan fingerprint density at radius 2 is 2.08 bits per heavy atom. The Hall–Kier alpha value is -0.250. The van der Waals surface area contributed by atoms with Crippen molar-refractivity contribution in [3.8, 4) is 0 Å². The average Bonchev–Trinajstić information content (AvgIpc) is 2.08. The van der Waals surface area contributed by atoms with Crippen LogP contribution in [0.5, 0.6) is 0 Å². The second kappa shape index (κ2) is 4.70. The molecule has 12 heavy (non-hydrogen) atoms. The normalized spacial score (nSPS) is 9.92. The maximum Gasteiger partial charge on any atom is 0.0373 e. The molecule has 2 heteroatoms. The maximum absolute atomic E-state index is 3.35. The topological polar surface area (TPSA) is 12.0 Å². The van der Waals surface area contributed by atoms with Crippen molar-refractivity contribution in [3.63, 3.8) is 0 Å². The molecule has 0 saturated heterocycles. The van der Waals surface area contributed by atoms with Gasteiger partial charge in [-0.1, -0.05) is 6.92 Å².